The Kier molecular flexibility index (Phi) is 5.06. The van der Waals surface area contributed by atoms with Gasteiger partial charge in [-0.25, -0.2) is 9.18 Å². The fourth-order valence-electron chi connectivity index (χ4n) is 1.48. The van der Waals surface area contributed by atoms with Gasteiger partial charge in [0.05, 0.1) is 6.54 Å². The monoisotopic (exact) mass is 266 g/mol. The van der Waals surface area contributed by atoms with Gasteiger partial charge in [-0.2, -0.15) is 0 Å². The van der Waals surface area contributed by atoms with Crippen LogP contribution < -0.4 is 10.6 Å². The quantitative estimate of drug-likeness (QED) is 0.713. The molecule has 2 atom stereocenters. The van der Waals surface area contributed by atoms with Gasteiger partial charge in [0.2, 0.25) is 0 Å². The highest BCUT2D eigenvalue weighted by atomic mass is 19.1. The number of nitrogens with one attached hydrogen (secondary N) is 2. The Morgan fingerprint density at radius 3 is 2.63 bits per heavy atom. The van der Waals surface area contributed by atoms with Gasteiger partial charge >= 0.3 is 6.03 Å². The van der Waals surface area contributed by atoms with E-state index in [1.54, 1.807) is 19.9 Å². The molecule has 104 valence electrons. The molecule has 0 fully saturated rings. The van der Waals surface area contributed by atoms with Crippen LogP contribution in [-0.2, 0) is 5.60 Å². The van der Waals surface area contributed by atoms with Crippen molar-refractivity contribution in [3.63, 3.8) is 0 Å². The fraction of sp³-hybridized carbons (Fsp3) is 0.357. The summed E-state index contributed by atoms with van der Waals surface area (Å²) in [6.07, 6.45) is 1.59. The maximum absolute atomic E-state index is 12.8. The van der Waals surface area contributed by atoms with Gasteiger partial charge in [0.25, 0.3) is 0 Å². The average Bonchev–Trinajstić information content (AvgIpc) is 2.37. The van der Waals surface area contributed by atoms with E-state index in [0.717, 1.165) is 0 Å². The number of hydrogen-bond donors (Lipinski definition) is 3. The predicted octanol–water partition coefficient (Wildman–Crippen LogP) is 1.91. The van der Waals surface area contributed by atoms with Crippen LogP contribution in [0.4, 0.5) is 9.18 Å². The van der Waals surface area contributed by atoms with Crippen LogP contribution in [0, 0.1) is 5.82 Å². The van der Waals surface area contributed by atoms with Gasteiger partial charge in [0.15, 0.2) is 0 Å². The first-order valence-corrected chi connectivity index (χ1v) is 6.00. The van der Waals surface area contributed by atoms with E-state index in [-0.39, 0.29) is 18.4 Å². The molecule has 0 heterocycles. The summed E-state index contributed by atoms with van der Waals surface area (Å²) >= 11 is 0. The summed E-state index contributed by atoms with van der Waals surface area (Å²) in [5.41, 5.74) is -0.728. The first-order valence-electron chi connectivity index (χ1n) is 6.00. The molecule has 2 unspecified atom stereocenters. The summed E-state index contributed by atoms with van der Waals surface area (Å²) in [5.74, 6) is -0.370. The highest BCUT2D eigenvalue weighted by Crippen LogP contribution is 2.19. The van der Waals surface area contributed by atoms with Crippen molar-refractivity contribution in [2.24, 2.45) is 0 Å². The maximum atomic E-state index is 12.8. The van der Waals surface area contributed by atoms with Gasteiger partial charge in [0.1, 0.15) is 11.4 Å². The van der Waals surface area contributed by atoms with Crippen LogP contribution in [0.25, 0.3) is 0 Å². The molecular weight excluding hydrogens is 247 g/mol. The Bertz CT molecular complexity index is 443. The first-order chi connectivity index (χ1) is 8.85. The number of hydrogen-bond acceptors (Lipinski definition) is 2. The van der Waals surface area contributed by atoms with Crippen molar-refractivity contribution in [1.29, 1.82) is 0 Å². The Balaban J connectivity index is 2.57. The highest BCUT2D eigenvalue weighted by Gasteiger charge is 2.23. The molecule has 1 rings (SSSR count). The third-order valence-electron chi connectivity index (χ3n) is 2.77. The normalized spacial score (nSPS) is 15.2. The Morgan fingerprint density at radius 2 is 2.11 bits per heavy atom. The number of aliphatic hydroxyl groups is 1. The fourth-order valence-corrected chi connectivity index (χ4v) is 1.48. The molecule has 0 saturated heterocycles. The van der Waals surface area contributed by atoms with E-state index in [1.807, 2.05) is 0 Å². The number of benzene rings is 1. The molecule has 5 heteroatoms. The lowest BCUT2D eigenvalue weighted by Crippen LogP contribution is -2.45. The third kappa shape index (κ3) is 4.71. The molecule has 2 amide bonds. The molecule has 3 N–H and O–H groups in total. The van der Waals surface area contributed by atoms with Gasteiger partial charge in [-0.15, -0.1) is 6.58 Å². The highest BCUT2D eigenvalue weighted by molar-refractivity contribution is 5.74. The van der Waals surface area contributed by atoms with Crippen LogP contribution in [0.15, 0.2) is 36.9 Å². The van der Waals surface area contributed by atoms with Crippen LogP contribution in [0.5, 0.6) is 0 Å². The average molecular weight is 266 g/mol. The molecule has 0 spiro atoms. The van der Waals surface area contributed by atoms with E-state index in [9.17, 15) is 14.3 Å². The van der Waals surface area contributed by atoms with Crippen molar-refractivity contribution in [3.8, 4) is 0 Å². The first kappa shape index (κ1) is 15.2. The van der Waals surface area contributed by atoms with Crippen LogP contribution in [0.3, 0.4) is 0 Å². The summed E-state index contributed by atoms with van der Waals surface area (Å²) in [6.45, 7) is 6.91. The minimum absolute atomic E-state index is 0.0222. The molecule has 0 saturated carbocycles. The predicted molar refractivity (Wildman–Crippen MR) is 72.2 cm³/mol. The van der Waals surface area contributed by atoms with Crippen LogP contribution in [0.2, 0.25) is 0 Å². The molecule has 1 aromatic carbocycles. The summed E-state index contributed by atoms with van der Waals surface area (Å²) < 4.78 is 12.8. The molecule has 0 bridgehead atoms. The van der Waals surface area contributed by atoms with E-state index in [1.165, 1.54) is 24.3 Å². The summed E-state index contributed by atoms with van der Waals surface area (Å²) in [5, 5.41) is 15.4. The molecule has 19 heavy (non-hydrogen) atoms. The number of rotatable bonds is 5. The number of urea groups is 1. The van der Waals surface area contributed by atoms with Crippen molar-refractivity contribution in [2.45, 2.75) is 25.5 Å². The Hall–Kier alpha value is -1.88. The van der Waals surface area contributed by atoms with E-state index >= 15 is 0 Å². The van der Waals surface area contributed by atoms with Gasteiger partial charge in [-0.3, -0.25) is 0 Å². The van der Waals surface area contributed by atoms with Crippen molar-refractivity contribution < 1.29 is 14.3 Å². The SMILES string of the molecule is C=CC(C)NC(=O)NCC(C)(O)c1ccc(F)cc1. The van der Waals surface area contributed by atoms with Gasteiger partial charge in [-0.1, -0.05) is 18.2 Å². The molecule has 1 aromatic rings. The second-order valence-electron chi connectivity index (χ2n) is 4.63. The Morgan fingerprint density at radius 1 is 1.53 bits per heavy atom. The summed E-state index contributed by atoms with van der Waals surface area (Å²) in [7, 11) is 0. The molecule has 0 aliphatic rings. The zero-order valence-electron chi connectivity index (χ0n) is 11.1. The summed E-state index contributed by atoms with van der Waals surface area (Å²) in [4.78, 5) is 11.5. The van der Waals surface area contributed by atoms with Crippen LogP contribution >= 0.6 is 0 Å². The molecule has 4 nitrogen and oxygen atoms in total. The van der Waals surface area contributed by atoms with Crippen molar-refractivity contribution in [1.82, 2.24) is 10.6 Å². The van der Waals surface area contributed by atoms with E-state index in [4.69, 9.17) is 0 Å². The van der Waals surface area contributed by atoms with E-state index in [0.29, 0.717) is 5.56 Å². The number of amides is 2. The zero-order chi connectivity index (χ0) is 14.5. The standard InChI is InChI=1S/C14H19FN2O2/c1-4-10(2)17-13(18)16-9-14(3,19)11-5-7-12(15)8-6-11/h4-8,10,19H,1,9H2,2-3H3,(H2,16,17,18). The largest absolute Gasteiger partial charge is 0.384 e. The second-order valence-corrected chi connectivity index (χ2v) is 4.63. The number of halogens is 1. The Labute approximate surface area is 112 Å². The number of carbonyl (C=O) groups is 1. The minimum atomic E-state index is -1.26. The number of carbonyl (C=O) groups excluding carboxylic acids is 1. The third-order valence-corrected chi connectivity index (χ3v) is 2.77. The minimum Gasteiger partial charge on any atom is -0.384 e. The lowest BCUT2D eigenvalue weighted by atomic mass is 9.96. The van der Waals surface area contributed by atoms with E-state index in [2.05, 4.69) is 17.2 Å². The molecular formula is C14H19FN2O2. The van der Waals surface area contributed by atoms with Gasteiger partial charge < -0.3 is 15.7 Å². The van der Waals surface area contributed by atoms with Gasteiger partial charge in [0, 0.05) is 6.04 Å². The van der Waals surface area contributed by atoms with E-state index < -0.39 is 11.6 Å². The van der Waals surface area contributed by atoms with Crippen LogP contribution in [0.1, 0.15) is 19.4 Å². The molecule has 0 aliphatic carbocycles. The lowest BCUT2D eigenvalue weighted by molar-refractivity contribution is 0.0593. The smallest absolute Gasteiger partial charge is 0.315 e. The molecule has 0 aliphatic heterocycles. The maximum Gasteiger partial charge on any atom is 0.315 e. The zero-order valence-corrected chi connectivity index (χ0v) is 11.1. The second kappa shape index (κ2) is 6.33. The van der Waals surface area contributed by atoms with Gasteiger partial charge in [-0.05, 0) is 31.5 Å². The molecule has 0 radical (unpaired) electrons. The summed E-state index contributed by atoms with van der Waals surface area (Å²) in [6, 6.07) is 4.96. The van der Waals surface area contributed by atoms with Crippen molar-refractivity contribution in [2.75, 3.05) is 6.54 Å². The molecule has 0 aromatic heterocycles. The lowest BCUT2D eigenvalue weighted by Gasteiger charge is -2.24. The van der Waals surface area contributed by atoms with Crippen molar-refractivity contribution >= 4 is 6.03 Å². The van der Waals surface area contributed by atoms with Crippen molar-refractivity contribution in [3.05, 3.63) is 48.3 Å². The van der Waals surface area contributed by atoms with Crippen LogP contribution in [-0.4, -0.2) is 23.7 Å². The topological polar surface area (TPSA) is 61.4 Å².